The van der Waals surface area contributed by atoms with Crippen LogP contribution in [-0.2, 0) is 0 Å². The van der Waals surface area contributed by atoms with Crippen LogP contribution in [0.25, 0.3) is 0 Å². The van der Waals surface area contributed by atoms with Crippen LogP contribution in [0.5, 0.6) is 0 Å². The summed E-state index contributed by atoms with van der Waals surface area (Å²) in [5.74, 6) is 0. The predicted molar refractivity (Wildman–Crippen MR) is 72.0 cm³/mol. The highest BCUT2D eigenvalue weighted by molar-refractivity contribution is 5.51. The Morgan fingerprint density at radius 1 is 1.41 bits per heavy atom. The second-order valence-corrected chi connectivity index (χ2v) is 4.85. The molecule has 0 atom stereocenters. The Morgan fingerprint density at radius 3 is 2.88 bits per heavy atom. The van der Waals surface area contributed by atoms with E-state index >= 15 is 0 Å². The fourth-order valence-corrected chi connectivity index (χ4v) is 2.46. The van der Waals surface area contributed by atoms with E-state index in [1.807, 2.05) is 12.3 Å². The van der Waals surface area contributed by atoms with E-state index in [0.29, 0.717) is 5.69 Å². The third-order valence-electron chi connectivity index (χ3n) is 3.50. The third-order valence-corrected chi connectivity index (χ3v) is 3.50. The van der Waals surface area contributed by atoms with Crippen molar-refractivity contribution in [1.29, 1.82) is 0 Å². The van der Waals surface area contributed by atoms with Gasteiger partial charge >= 0.3 is 0 Å². The van der Waals surface area contributed by atoms with E-state index in [-0.39, 0.29) is 0 Å². The normalized spacial score (nSPS) is 16.6. The molecular weight excluding hydrogens is 212 g/mol. The molecule has 1 saturated carbocycles. The topological polar surface area (TPSA) is 54.2 Å². The van der Waals surface area contributed by atoms with E-state index in [0.717, 1.165) is 24.8 Å². The molecular formula is C13H22N4. The van der Waals surface area contributed by atoms with Crippen LogP contribution in [0.2, 0.25) is 0 Å². The molecule has 0 aromatic carbocycles. The van der Waals surface area contributed by atoms with Crippen molar-refractivity contribution in [3.63, 3.8) is 0 Å². The Balaban J connectivity index is 1.71. The summed E-state index contributed by atoms with van der Waals surface area (Å²) in [4.78, 5) is 6.52. The van der Waals surface area contributed by atoms with Gasteiger partial charge in [0.15, 0.2) is 0 Å². The fraction of sp³-hybridized carbons (Fsp3) is 0.615. The minimum absolute atomic E-state index is 0.708. The summed E-state index contributed by atoms with van der Waals surface area (Å²) < 4.78 is 0. The molecule has 0 saturated heterocycles. The Bertz CT molecular complexity index is 347. The zero-order valence-electron chi connectivity index (χ0n) is 10.5. The zero-order chi connectivity index (χ0) is 12.1. The van der Waals surface area contributed by atoms with Gasteiger partial charge in [-0.2, -0.15) is 0 Å². The molecule has 1 aromatic rings. The molecule has 0 amide bonds. The van der Waals surface area contributed by atoms with Gasteiger partial charge in [-0.25, -0.2) is 0 Å². The molecule has 0 radical (unpaired) electrons. The van der Waals surface area contributed by atoms with E-state index < -0.39 is 0 Å². The number of nitrogens with one attached hydrogen (secondary N) is 1. The molecule has 94 valence electrons. The molecule has 4 heteroatoms. The maximum absolute atomic E-state index is 5.68. The first-order valence-corrected chi connectivity index (χ1v) is 6.40. The standard InChI is InChI=1S/C13H22N4/c1-17(13-4-2-3-5-13)7-6-16-12-8-11(14)9-15-10-12/h8-10,13,16H,2-7,14H2,1H3. The number of pyridine rings is 1. The molecule has 0 aliphatic heterocycles. The number of nitrogens with two attached hydrogens (primary N) is 1. The molecule has 1 fully saturated rings. The first-order valence-electron chi connectivity index (χ1n) is 6.40. The van der Waals surface area contributed by atoms with Crippen LogP contribution in [0.4, 0.5) is 11.4 Å². The highest BCUT2D eigenvalue weighted by atomic mass is 15.1. The van der Waals surface area contributed by atoms with Crippen molar-refractivity contribution in [2.24, 2.45) is 0 Å². The maximum atomic E-state index is 5.68. The predicted octanol–water partition coefficient (Wildman–Crippen LogP) is 1.95. The van der Waals surface area contributed by atoms with E-state index in [4.69, 9.17) is 5.73 Å². The number of rotatable bonds is 5. The van der Waals surface area contributed by atoms with E-state index in [9.17, 15) is 0 Å². The van der Waals surface area contributed by atoms with E-state index in [1.165, 1.54) is 25.7 Å². The van der Waals surface area contributed by atoms with Crippen LogP contribution < -0.4 is 11.1 Å². The second kappa shape index (κ2) is 5.87. The summed E-state index contributed by atoms with van der Waals surface area (Å²) in [6, 6.07) is 2.71. The Hall–Kier alpha value is -1.29. The lowest BCUT2D eigenvalue weighted by molar-refractivity contribution is 0.254. The highest BCUT2D eigenvalue weighted by Crippen LogP contribution is 2.22. The summed E-state index contributed by atoms with van der Waals surface area (Å²) in [5.41, 5.74) is 7.39. The average Bonchev–Trinajstić information content (AvgIpc) is 2.82. The quantitative estimate of drug-likeness (QED) is 0.817. The molecule has 0 unspecified atom stereocenters. The minimum Gasteiger partial charge on any atom is -0.397 e. The lowest BCUT2D eigenvalue weighted by Crippen LogP contribution is -2.33. The summed E-state index contributed by atoms with van der Waals surface area (Å²) in [6.07, 6.45) is 8.97. The van der Waals surface area contributed by atoms with Gasteiger partial charge in [-0.15, -0.1) is 0 Å². The molecule has 17 heavy (non-hydrogen) atoms. The monoisotopic (exact) mass is 234 g/mol. The van der Waals surface area contributed by atoms with Crippen molar-refractivity contribution in [1.82, 2.24) is 9.88 Å². The summed E-state index contributed by atoms with van der Waals surface area (Å²) in [7, 11) is 2.22. The van der Waals surface area contributed by atoms with Crippen molar-refractivity contribution in [2.75, 3.05) is 31.2 Å². The van der Waals surface area contributed by atoms with E-state index in [1.54, 1.807) is 6.20 Å². The lowest BCUT2D eigenvalue weighted by Gasteiger charge is -2.24. The number of hydrogen-bond acceptors (Lipinski definition) is 4. The van der Waals surface area contributed by atoms with Gasteiger partial charge in [0.2, 0.25) is 0 Å². The summed E-state index contributed by atoms with van der Waals surface area (Å²) in [5, 5.41) is 3.36. The van der Waals surface area contributed by atoms with Crippen molar-refractivity contribution in [2.45, 2.75) is 31.7 Å². The molecule has 1 aromatic heterocycles. The number of anilines is 2. The van der Waals surface area contributed by atoms with Crippen molar-refractivity contribution < 1.29 is 0 Å². The maximum Gasteiger partial charge on any atom is 0.0547 e. The highest BCUT2D eigenvalue weighted by Gasteiger charge is 2.18. The SMILES string of the molecule is CN(CCNc1cncc(N)c1)C1CCCC1. The number of nitrogens with zero attached hydrogens (tertiary/aromatic N) is 2. The van der Waals surface area contributed by atoms with Crippen LogP contribution in [0.15, 0.2) is 18.5 Å². The third kappa shape index (κ3) is 3.60. The second-order valence-electron chi connectivity index (χ2n) is 4.85. The smallest absolute Gasteiger partial charge is 0.0547 e. The number of aromatic nitrogens is 1. The van der Waals surface area contributed by atoms with Crippen LogP contribution in [0, 0.1) is 0 Å². The zero-order valence-corrected chi connectivity index (χ0v) is 10.5. The van der Waals surface area contributed by atoms with Gasteiger partial charge in [0.25, 0.3) is 0 Å². The van der Waals surface area contributed by atoms with Gasteiger partial charge in [0.05, 0.1) is 17.6 Å². The Labute approximate surface area is 103 Å². The van der Waals surface area contributed by atoms with Gasteiger partial charge in [-0.05, 0) is 26.0 Å². The first-order chi connectivity index (χ1) is 8.25. The Kier molecular flexibility index (Phi) is 4.20. The molecule has 1 aliphatic rings. The molecule has 1 heterocycles. The number of hydrogen-bond donors (Lipinski definition) is 2. The van der Waals surface area contributed by atoms with Crippen LogP contribution in [0.1, 0.15) is 25.7 Å². The van der Waals surface area contributed by atoms with E-state index in [2.05, 4.69) is 22.2 Å². The van der Waals surface area contributed by atoms with Gasteiger partial charge < -0.3 is 16.0 Å². The van der Waals surface area contributed by atoms with Gasteiger partial charge in [0, 0.05) is 25.3 Å². The first kappa shape index (κ1) is 12.2. The van der Waals surface area contributed by atoms with Gasteiger partial charge in [0.1, 0.15) is 0 Å². The number of nitrogen functional groups attached to an aromatic ring is 1. The van der Waals surface area contributed by atoms with Crippen molar-refractivity contribution in [3.05, 3.63) is 18.5 Å². The minimum atomic E-state index is 0.708. The van der Waals surface area contributed by atoms with Gasteiger partial charge in [-0.1, -0.05) is 12.8 Å². The van der Waals surface area contributed by atoms with Crippen molar-refractivity contribution >= 4 is 11.4 Å². The number of likely N-dealkylation sites (N-methyl/N-ethyl adjacent to an activating group) is 1. The molecule has 0 bridgehead atoms. The molecule has 4 nitrogen and oxygen atoms in total. The summed E-state index contributed by atoms with van der Waals surface area (Å²) >= 11 is 0. The van der Waals surface area contributed by atoms with Crippen LogP contribution in [-0.4, -0.2) is 36.1 Å². The van der Waals surface area contributed by atoms with Gasteiger partial charge in [-0.3, -0.25) is 4.98 Å². The molecule has 1 aliphatic carbocycles. The van der Waals surface area contributed by atoms with Crippen LogP contribution >= 0.6 is 0 Å². The largest absolute Gasteiger partial charge is 0.397 e. The van der Waals surface area contributed by atoms with Crippen LogP contribution in [0.3, 0.4) is 0 Å². The Morgan fingerprint density at radius 2 is 2.18 bits per heavy atom. The molecule has 3 N–H and O–H groups in total. The van der Waals surface area contributed by atoms with Crippen molar-refractivity contribution in [3.8, 4) is 0 Å². The average molecular weight is 234 g/mol. The lowest BCUT2D eigenvalue weighted by atomic mass is 10.2. The summed E-state index contributed by atoms with van der Waals surface area (Å²) in [6.45, 7) is 2.01. The molecule has 2 rings (SSSR count). The molecule has 0 spiro atoms. The fourth-order valence-electron chi connectivity index (χ4n) is 2.46.